The smallest absolute Gasteiger partial charge is 0.339 e. The molecule has 0 spiro atoms. The Labute approximate surface area is 115 Å². The van der Waals surface area contributed by atoms with Crippen LogP contribution in [0.3, 0.4) is 0 Å². The number of benzene rings is 1. The molecule has 0 amide bonds. The van der Waals surface area contributed by atoms with E-state index in [4.69, 9.17) is 20.9 Å². The molecule has 6 heteroatoms. The molecule has 2 aromatic rings. The Bertz CT molecular complexity index is 621. The van der Waals surface area contributed by atoms with Crippen LogP contribution in [-0.2, 0) is 4.74 Å². The SMILES string of the molecule is COC(=O)c1ccc(OC)c(-c2cc(C)no2)c1Cl. The summed E-state index contributed by atoms with van der Waals surface area (Å²) in [4.78, 5) is 11.6. The summed E-state index contributed by atoms with van der Waals surface area (Å²) < 4.78 is 15.1. The molecule has 1 heterocycles. The fourth-order valence-electron chi connectivity index (χ4n) is 1.71. The van der Waals surface area contributed by atoms with Gasteiger partial charge in [0.2, 0.25) is 0 Å². The molecule has 2 rings (SSSR count). The Kier molecular flexibility index (Phi) is 3.76. The second-order valence-corrected chi connectivity index (χ2v) is 4.21. The number of esters is 1. The normalized spacial score (nSPS) is 10.3. The van der Waals surface area contributed by atoms with Crippen LogP contribution in [0, 0.1) is 6.92 Å². The van der Waals surface area contributed by atoms with Gasteiger partial charge in [0.1, 0.15) is 5.75 Å². The summed E-state index contributed by atoms with van der Waals surface area (Å²) in [6.07, 6.45) is 0. The third-order valence-corrected chi connectivity index (χ3v) is 3.00. The number of hydrogen-bond acceptors (Lipinski definition) is 5. The van der Waals surface area contributed by atoms with E-state index >= 15 is 0 Å². The lowest BCUT2D eigenvalue weighted by molar-refractivity contribution is 0.0601. The van der Waals surface area contributed by atoms with E-state index in [2.05, 4.69) is 9.89 Å². The number of ether oxygens (including phenoxy) is 2. The van der Waals surface area contributed by atoms with E-state index in [1.54, 1.807) is 25.1 Å². The molecule has 0 aliphatic heterocycles. The summed E-state index contributed by atoms with van der Waals surface area (Å²) >= 11 is 6.24. The molecule has 0 atom stereocenters. The third-order valence-electron chi connectivity index (χ3n) is 2.60. The first kappa shape index (κ1) is 13.4. The number of aromatic nitrogens is 1. The summed E-state index contributed by atoms with van der Waals surface area (Å²) in [5.41, 5.74) is 1.43. The lowest BCUT2D eigenvalue weighted by Crippen LogP contribution is -2.03. The van der Waals surface area contributed by atoms with Crippen molar-refractivity contribution >= 4 is 17.6 Å². The zero-order valence-electron chi connectivity index (χ0n) is 10.7. The van der Waals surface area contributed by atoms with E-state index in [1.807, 2.05) is 0 Å². The maximum Gasteiger partial charge on any atom is 0.339 e. The second kappa shape index (κ2) is 5.32. The van der Waals surface area contributed by atoms with Crippen LogP contribution in [0.5, 0.6) is 5.75 Å². The van der Waals surface area contributed by atoms with Crippen LogP contribution in [-0.4, -0.2) is 25.3 Å². The average Bonchev–Trinajstić information content (AvgIpc) is 2.83. The lowest BCUT2D eigenvalue weighted by Gasteiger charge is -2.10. The van der Waals surface area contributed by atoms with Crippen LogP contribution < -0.4 is 4.74 Å². The quantitative estimate of drug-likeness (QED) is 0.809. The largest absolute Gasteiger partial charge is 0.496 e. The van der Waals surface area contributed by atoms with Crippen molar-refractivity contribution < 1.29 is 18.8 Å². The highest BCUT2D eigenvalue weighted by Crippen LogP contribution is 2.39. The number of nitrogens with zero attached hydrogens (tertiary/aromatic N) is 1. The minimum Gasteiger partial charge on any atom is -0.496 e. The summed E-state index contributed by atoms with van der Waals surface area (Å²) in [5, 5.41) is 4.01. The lowest BCUT2D eigenvalue weighted by atomic mass is 10.1. The highest BCUT2D eigenvalue weighted by Gasteiger charge is 2.21. The van der Waals surface area contributed by atoms with Crippen LogP contribution >= 0.6 is 11.6 Å². The van der Waals surface area contributed by atoms with Gasteiger partial charge in [0.05, 0.1) is 36.1 Å². The Morgan fingerprint density at radius 3 is 2.63 bits per heavy atom. The molecule has 0 N–H and O–H groups in total. The van der Waals surface area contributed by atoms with Gasteiger partial charge in [0.25, 0.3) is 0 Å². The fraction of sp³-hybridized carbons (Fsp3) is 0.231. The van der Waals surface area contributed by atoms with Gasteiger partial charge >= 0.3 is 5.97 Å². The molecule has 1 aromatic carbocycles. The minimum atomic E-state index is -0.523. The predicted molar refractivity (Wildman–Crippen MR) is 69.6 cm³/mol. The standard InChI is InChI=1S/C13H12ClNO4/c1-7-6-10(19-15-7)11-9(17-2)5-4-8(12(11)14)13(16)18-3/h4-6H,1-3H3. The minimum absolute atomic E-state index is 0.211. The van der Waals surface area contributed by atoms with Gasteiger partial charge in [-0.05, 0) is 19.1 Å². The number of carbonyl (C=O) groups excluding carboxylic acids is 1. The van der Waals surface area contributed by atoms with Crippen molar-refractivity contribution in [2.75, 3.05) is 14.2 Å². The summed E-state index contributed by atoms with van der Waals surface area (Å²) in [7, 11) is 2.80. The van der Waals surface area contributed by atoms with Gasteiger partial charge in [-0.25, -0.2) is 4.79 Å². The van der Waals surface area contributed by atoms with Crippen LogP contribution in [0.4, 0.5) is 0 Å². The number of halogens is 1. The van der Waals surface area contributed by atoms with E-state index < -0.39 is 5.97 Å². The highest BCUT2D eigenvalue weighted by molar-refractivity contribution is 6.36. The van der Waals surface area contributed by atoms with Crippen molar-refractivity contribution in [3.05, 3.63) is 34.5 Å². The average molecular weight is 282 g/mol. The van der Waals surface area contributed by atoms with E-state index in [-0.39, 0.29) is 10.6 Å². The van der Waals surface area contributed by atoms with Gasteiger partial charge in [0, 0.05) is 6.07 Å². The Balaban J connectivity index is 2.66. The molecular weight excluding hydrogens is 270 g/mol. The third kappa shape index (κ3) is 2.42. The molecule has 0 aliphatic carbocycles. The molecule has 1 aromatic heterocycles. The number of methoxy groups -OCH3 is 2. The Morgan fingerprint density at radius 1 is 1.37 bits per heavy atom. The maximum atomic E-state index is 11.6. The summed E-state index contributed by atoms with van der Waals surface area (Å²) in [6, 6.07) is 4.88. The summed E-state index contributed by atoms with van der Waals surface area (Å²) in [6.45, 7) is 1.79. The number of aryl methyl sites for hydroxylation is 1. The van der Waals surface area contributed by atoms with Crippen molar-refractivity contribution in [2.45, 2.75) is 6.92 Å². The Hall–Kier alpha value is -2.01. The van der Waals surface area contributed by atoms with Gasteiger partial charge in [0.15, 0.2) is 5.76 Å². The van der Waals surface area contributed by atoms with Crippen LogP contribution in [0.1, 0.15) is 16.1 Å². The molecule has 0 aliphatic rings. The molecule has 0 saturated carbocycles. The molecule has 5 nitrogen and oxygen atoms in total. The van der Waals surface area contributed by atoms with Crippen molar-refractivity contribution in [1.29, 1.82) is 0 Å². The van der Waals surface area contributed by atoms with Crippen LogP contribution in [0.2, 0.25) is 5.02 Å². The van der Waals surface area contributed by atoms with Gasteiger partial charge in [-0.1, -0.05) is 16.8 Å². The van der Waals surface area contributed by atoms with Gasteiger partial charge in [-0.2, -0.15) is 0 Å². The molecule has 0 radical (unpaired) electrons. The van der Waals surface area contributed by atoms with Crippen LogP contribution in [0.15, 0.2) is 22.7 Å². The molecule has 100 valence electrons. The highest BCUT2D eigenvalue weighted by atomic mass is 35.5. The monoisotopic (exact) mass is 281 g/mol. The van der Waals surface area contributed by atoms with Gasteiger partial charge in [-0.3, -0.25) is 0 Å². The van der Waals surface area contributed by atoms with Gasteiger partial charge in [-0.15, -0.1) is 0 Å². The first-order chi connectivity index (χ1) is 9.08. The van der Waals surface area contributed by atoms with E-state index in [0.29, 0.717) is 22.8 Å². The molecule has 19 heavy (non-hydrogen) atoms. The first-order valence-corrected chi connectivity index (χ1v) is 5.84. The zero-order valence-corrected chi connectivity index (χ0v) is 11.4. The zero-order chi connectivity index (χ0) is 14.0. The first-order valence-electron chi connectivity index (χ1n) is 5.47. The predicted octanol–water partition coefficient (Wildman–Crippen LogP) is 3.10. The topological polar surface area (TPSA) is 61.6 Å². The second-order valence-electron chi connectivity index (χ2n) is 3.83. The van der Waals surface area contributed by atoms with Crippen molar-refractivity contribution in [2.24, 2.45) is 0 Å². The van der Waals surface area contributed by atoms with Crippen molar-refractivity contribution in [3.63, 3.8) is 0 Å². The fourth-order valence-corrected chi connectivity index (χ4v) is 2.03. The van der Waals surface area contributed by atoms with Gasteiger partial charge < -0.3 is 14.0 Å². The number of rotatable bonds is 3. The molecule has 0 bridgehead atoms. The number of hydrogen-bond donors (Lipinski definition) is 0. The van der Waals surface area contributed by atoms with E-state index in [1.165, 1.54) is 14.2 Å². The Morgan fingerprint density at radius 2 is 2.11 bits per heavy atom. The van der Waals surface area contributed by atoms with Crippen molar-refractivity contribution in [3.8, 4) is 17.1 Å². The maximum absolute atomic E-state index is 11.6. The molecule has 0 fully saturated rings. The van der Waals surface area contributed by atoms with Crippen molar-refractivity contribution in [1.82, 2.24) is 5.16 Å². The molecule has 0 unspecified atom stereocenters. The van der Waals surface area contributed by atoms with E-state index in [9.17, 15) is 4.79 Å². The summed E-state index contributed by atoms with van der Waals surface area (Å²) in [5.74, 6) is 0.407. The van der Waals surface area contributed by atoms with E-state index in [0.717, 1.165) is 0 Å². The van der Waals surface area contributed by atoms with Crippen LogP contribution in [0.25, 0.3) is 11.3 Å². The molecule has 0 saturated heterocycles. The molecular formula is C13H12ClNO4. The number of carbonyl (C=O) groups is 1.